The van der Waals surface area contributed by atoms with Gasteiger partial charge in [-0.15, -0.1) is 0 Å². The number of Topliss-reactive ketones (excluding diaryl/α,β-unsaturated/α-hetero) is 1. The first-order valence-corrected chi connectivity index (χ1v) is 10.1. The molecule has 0 atom stereocenters. The zero-order valence-electron chi connectivity index (χ0n) is 10.6. The molecule has 1 aromatic rings. The number of hydrogen-bond acceptors (Lipinski definition) is 1. The molecule has 0 saturated heterocycles. The van der Waals surface area contributed by atoms with Gasteiger partial charge in [0.05, 0.1) is 0 Å². The normalized spacial score (nSPS) is 10.7. The molecule has 0 bridgehead atoms. The van der Waals surface area contributed by atoms with Crippen LogP contribution in [0.15, 0.2) is 39.8 Å². The monoisotopic (exact) mass is 372 g/mol. The Kier molecular flexibility index (Phi) is 7.81. The zero-order chi connectivity index (χ0) is 13.2. The van der Waals surface area contributed by atoms with Crippen molar-refractivity contribution in [3.8, 4) is 11.8 Å². The molecule has 0 fully saturated rings. The molecule has 0 unspecified atom stereocenters. The van der Waals surface area contributed by atoms with Gasteiger partial charge in [-0.05, 0) is 0 Å². The van der Waals surface area contributed by atoms with Crippen LogP contribution < -0.4 is 0 Å². The molecule has 1 rings (SSSR count). The Hall–Kier alpha value is -0.771. The van der Waals surface area contributed by atoms with Gasteiger partial charge in [0.2, 0.25) is 0 Å². The Labute approximate surface area is 122 Å². The molecule has 0 aliphatic heterocycles. The van der Waals surface area contributed by atoms with E-state index in [1.807, 2.05) is 30.3 Å². The summed E-state index contributed by atoms with van der Waals surface area (Å²) in [7, 11) is 0. The van der Waals surface area contributed by atoms with E-state index in [2.05, 4.69) is 30.7 Å². The maximum absolute atomic E-state index is 12.0. The summed E-state index contributed by atoms with van der Waals surface area (Å²) < 4.78 is 0.954. The van der Waals surface area contributed by atoms with Gasteiger partial charge in [-0.3, -0.25) is 0 Å². The van der Waals surface area contributed by atoms with Crippen LogP contribution in [0.1, 0.15) is 19.4 Å². The third-order valence-electron chi connectivity index (χ3n) is 1.97. The third kappa shape index (κ3) is 5.71. The van der Waals surface area contributed by atoms with Crippen molar-refractivity contribution >= 4 is 35.7 Å². The minimum atomic E-state index is 0.0102. The molecule has 0 aliphatic rings. The molecule has 18 heavy (non-hydrogen) atoms. The van der Waals surface area contributed by atoms with Gasteiger partial charge in [0, 0.05) is 0 Å². The van der Waals surface area contributed by atoms with Crippen LogP contribution >= 0.6 is 0 Å². The van der Waals surface area contributed by atoms with E-state index in [1.54, 1.807) is 0 Å². The van der Waals surface area contributed by atoms with E-state index in [-0.39, 0.29) is 20.7 Å². The summed E-state index contributed by atoms with van der Waals surface area (Å²) in [6, 6.07) is 9.65. The van der Waals surface area contributed by atoms with E-state index in [1.165, 1.54) is 0 Å². The molecule has 0 amide bonds. The number of rotatable bonds is 5. The summed E-state index contributed by atoms with van der Waals surface area (Å²) in [6.07, 6.45) is 0. The molecule has 0 aliphatic carbocycles. The molecule has 0 saturated carbocycles. The summed E-state index contributed by atoms with van der Waals surface area (Å²) in [5, 5.41) is 2.19. The number of benzene rings is 1. The first kappa shape index (κ1) is 15.3. The molecule has 0 N–H and O–H groups in total. The predicted octanol–water partition coefficient (Wildman–Crippen LogP) is 2.73. The first-order chi connectivity index (χ1) is 8.77. The summed E-state index contributed by atoms with van der Waals surface area (Å²) in [5.41, 5.74) is 0.898. The average Bonchev–Trinajstić information content (AvgIpc) is 2.42. The Morgan fingerprint density at radius 3 is 2.56 bits per heavy atom. The first-order valence-electron chi connectivity index (χ1n) is 5.83. The molecule has 1 aromatic carbocycles. The van der Waals surface area contributed by atoms with Crippen molar-refractivity contribution in [3.05, 3.63) is 45.3 Å². The third-order valence-corrected chi connectivity index (χ3v) is 6.17. The second-order valence-electron chi connectivity index (χ2n) is 3.32. The molecule has 3 heteroatoms. The quantitative estimate of drug-likeness (QED) is 0.443. The van der Waals surface area contributed by atoms with Gasteiger partial charge in [-0.25, -0.2) is 0 Å². The molecular weight excluding hydrogens is 354 g/mol. The summed E-state index contributed by atoms with van der Waals surface area (Å²) >= 11 is 0.718. The standard InChI is InChI=1S/C15H16OSe2/c1-3-17-12-15(18-4-2)14(16)11-10-13-8-6-5-7-9-13/h5-9,12H,3-4H2,1-2H3/b15-12-. The van der Waals surface area contributed by atoms with E-state index in [0.717, 1.165) is 20.7 Å². The van der Waals surface area contributed by atoms with Crippen molar-refractivity contribution in [3.63, 3.8) is 0 Å². The summed E-state index contributed by atoms with van der Waals surface area (Å²) in [5.74, 6) is 5.71. The van der Waals surface area contributed by atoms with Gasteiger partial charge in [0.15, 0.2) is 0 Å². The zero-order valence-corrected chi connectivity index (χ0v) is 14.0. The van der Waals surface area contributed by atoms with Crippen LogP contribution in [0.3, 0.4) is 0 Å². The summed E-state index contributed by atoms with van der Waals surface area (Å²) in [6.45, 7) is 4.26. The van der Waals surface area contributed by atoms with Crippen molar-refractivity contribution in [1.82, 2.24) is 0 Å². The van der Waals surface area contributed by atoms with E-state index >= 15 is 0 Å². The number of allylic oxidation sites excluding steroid dienone is 1. The van der Waals surface area contributed by atoms with E-state index < -0.39 is 0 Å². The van der Waals surface area contributed by atoms with Crippen molar-refractivity contribution in [2.75, 3.05) is 0 Å². The predicted molar refractivity (Wildman–Crippen MR) is 78.9 cm³/mol. The number of carbonyl (C=O) groups is 1. The van der Waals surface area contributed by atoms with Crippen LogP contribution in [-0.2, 0) is 4.79 Å². The van der Waals surface area contributed by atoms with Gasteiger partial charge in [0.1, 0.15) is 0 Å². The van der Waals surface area contributed by atoms with Gasteiger partial charge in [-0.1, -0.05) is 0 Å². The maximum atomic E-state index is 12.0. The van der Waals surface area contributed by atoms with Crippen LogP contribution in [0.5, 0.6) is 0 Å². The Morgan fingerprint density at radius 1 is 1.22 bits per heavy atom. The summed E-state index contributed by atoms with van der Waals surface area (Å²) in [4.78, 5) is 14.1. The molecule has 94 valence electrons. The van der Waals surface area contributed by atoms with Gasteiger partial charge >= 0.3 is 122 Å². The fraction of sp³-hybridized carbons (Fsp3) is 0.267. The second-order valence-corrected chi connectivity index (χ2v) is 8.46. The van der Waals surface area contributed by atoms with E-state index in [0.29, 0.717) is 15.0 Å². The van der Waals surface area contributed by atoms with Crippen molar-refractivity contribution in [2.24, 2.45) is 0 Å². The minimum absolute atomic E-state index is 0.0102. The second kappa shape index (κ2) is 9.20. The Balaban J connectivity index is 2.76. The Bertz CT molecular complexity index is 466. The van der Waals surface area contributed by atoms with Gasteiger partial charge in [-0.2, -0.15) is 0 Å². The molecule has 0 spiro atoms. The van der Waals surface area contributed by atoms with Crippen molar-refractivity contribution in [2.45, 2.75) is 24.5 Å². The fourth-order valence-electron chi connectivity index (χ4n) is 1.18. The number of carbonyl (C=O) groups excluding carboxylic acids is 1. The topological polar surface area (TPSA) is 17.1 Å². The van der Waals surface area contributed by atoms with Gasteiger partial charge < -0.3 is 0 Å². The van der Waals surface area contributed by atoms with E-state index in [9.17, 15) is 4.79 Å². The van der Waals surface area contributed by atoms with Crippen LogP contribution in [0.25, 0.3) is 0 Å². The molecule has 1 nitrogen and oxygen atoms in total. The average molecular weight is 370 g/mol. The van der Waals surface area contributed by atoms with Crippen LogP contribution in [0.2, 0.25) is 10.6 Å². The van der Waals surface area contributed by atoms with Crippen LogP contribution in [0.4, 0.5) is 0 Å². The van der Waals surface area contributed by atoms with Crippen LogP contribution in [-0.4, -0.2) is 35.7 Å². The Morgan fingerprint density at radius 2 is 1.94 bits per heavy atom. The van der Waals surface area contributed by atoms with Crippen LogP contribution in [0, 0.1) is 11.8 Å². The van der Waals surface area contributed by atoms with Crippen molar-refractivity contribution < 1.29 is 4.79 Å². The molecule has 0 heterocycles. The van der Waals surface area contributed by atoms with Crippen molar-refractivity contribution in [1.29, 1.82) is 0 Å². The fourth-order valence-corrected chi connectivity index (χ4v) is 4.73. The SMILES string of the molecule is CC[Se]/C=C(\[Se]CC)C(=O)C#Cc1ccccc1. The molecular formula is C15H16OSe2. The number of ketones is 1. The van der Waals surface area contributed by atoms with Gasteiger partial charge in [0.25, 0.3) is 0 Å². The number of hydrogen-bond donors (Lipinski definition) is 0. The molecule has 0 radical (unpaired) electrons. The molecule has 0 aromatic heterocycles. The van der Waals surface area contributed by atoms with E-state index in [4.69, 9.17) is 0 Å².